The van der Waals surface area contributed by atoms with Gasteiger partial charge in [-0.3, -0.25) is 4.79 Å². The summed E-state index contributed by atoms with van der Waals surface area (Å²) >= 11 is 1.11. The Labute approximate surface area is 114 Å². The van der Waals surface area contributed by atoms with Crippen molar-refractivity contribution in [2.75, 3.05) is 5.75 Å². The maximum absolute atomic E-state index is 10.6. The van der Waals surface area contributed by atoms with E-state index >= 15 is 0 Å². The number of hydrogen-bond acceptors (Lipinski definition) is 5. The van der Waals surface area contributed by atoms with Crippen molar-refractivity contribution < 1.29 is 9.90 Å². The normalized spacial score (nSPS) is 10.6. The fourth-order valence-electron chi connectivity index (χ4n) is 1.74. The molecule has 0 aliphatic heterocycles. The smallest absolute Gasteiger partial charge is 0.313 e. The molecular weight excluding hydrogens is 264 g/mol. The van der Waals surface area contributed by atoms with Crippen LogP contribution in [0.1, 0.15) is 18.9 Å². The molecule has 100 valence electrons. The minimum atomic E-state index is -0.888. The third kappa shape index (κ3) is 3.31. The van der Waals surface area contributed by atoms with Crippen molar-refractivity contribution in [2.24, 2.45) is 0 Å². The highest BCUT2D eigenvalue weighted by molar-refractivity contribution is 7.99. The molecule has 0 saturated heterocycles. The lowest BCUT2D eigenvalue weighted by atomic mass is 10.1. The van der Waals surface area contributed by atoms with E-state index in [0.717, 1.165) is 35.9 Å². The van der Waals surface area contributed by atoms with Crippen molar-refractivity contribution in [3.8, 4) is 5.69 Å². The summed E-state index contributed by atoms with van der Waals surface area (Å²) in [5, 5.41) is 20.6. The van der Waals surface area contributed by atoms with E-state index in [9.17, 15) is 4.79 Å². The monoisotopic (exact) mass is 278 g/mol. The fraction of sp³-hybridized carbons (Fsp3) is 0.333. The van der Waals surface area contributed by atoms with Gasteiger partial charge in [-0.05, 0) is 28.5 Å². The van der Waals surface area contributed by atoms with Gasteiger partial charge in [-0.25, -0.2) is 0 Å². The van der Waals surface area contributed by atoms with E-state index in [-0.39, 0.29) is 5.75 Å². The Morgan fingerprint density at radius 1 is 1.42 bits per heavy atom. The molecule has 2 rings (SSSR count). The van der Waals surface area contributed by atoms with E-state index in [1.807, 2.05) is 24.3 Å². The van der Waals surface area contributed by atoms with Crippen LogP contribution in [-0.2, 0) is 11.2 Å². The summed E-state index contributed by atoms with van der Waals surface area (Å²) in [6, 6.07) is 7.86. The zero-order chi connectivity index (χ0) is 13.7. The molecule has 7 heteroatoms. The minimum absolute atomic E-state index is 0.0592. The molecule has 1 aromatic heterocycles. The molecule has 2 aromatic rings. The fourth-order valence-corrected chi connectivity index (χ4v) is 2.35. The molecule has 0 fully saturated rings. The molecule has 0 unspecified atom stereocenters. The molecule has 0 saturated carbocycles. The second-order valence-corrected chi connectivity index (χ2v) is 4.88. The Kier molecular flexibility index (Phi) is 4.51. The van der Waals surface area contributed by atoms with Crippen LogP contribution in [-0.4, -0.2) is 37.0 Å². The van der Waals surface area contributed by atoms with Gasteiger partial charge >= 0.3 is 5.97 Å². The van der Waals surface area contributed by atoms with Gasteiger partial charge < -0.3 is 5.11 Å². The van der Waals surface area contributed by atoms with E-state index < -0.39 is 5.97 Å². The summed E-state index contributed by atoms with van der Waals surface area (Å²) in [5.41, 5.74) is 2.05. The first-order valence-corrected chi connectivity index (χ1v) is 6.92. The van der Waals surface area contributed by atoms with Crippen molar-refractivity contribution in [2.45, 2.75) is 24.9 Å². The molecule has 19 heavy (non-hydrogen) atoms. The highest BCUT2D eigenvalue weighted by atomic mass is 32.2. The number of thioether (sulfide) groups is 1. The Bertz CT molecular complexity index is 570. The van der Waals surface area contributed by atoms with Crippen LogP contribution in [0, 0.1) is 0 Å². The number of benzene rings is 1. The Balaban J connectivity index is 2.31. The second-order valence-electron chi connectivity index (χ2n) is 3.93. The first kappa shape index (κ1) is 13.5. The lowest BCUT2D eigenvalue weighted by Crippen LogP contribution is -2.05. The minimum Gasteiger partial charge on any atom is -0.481 e. The molecule has 0 amide bonds. The number of hydrogen-bond donors (Lipinski definition) is 1. The van der Waals surface area contributed by atoms with Crippen molar-refractivity contribution in [3.05, 3.63) is 29.8 Å². The van der Waals surface area contributed by atoms with E-state index in [2.05, 4.69) is 22.4 Å². The Morgan fingerprint density at radius 2 is 2.21 bits per heavy atom. The number of tetrazole rings is 1. The lowest BCUT2D eigenvalue weighted by Gasteiger charge is -2.09. The summed E-state index contributed by atoms with van der Waals surface area (Å²) in [7, 11) is 0. The van der Waals surface area contributed by atoms with Gasteiger partial charge in [0, 0.05) is 0 Å². The van der Waals surface area contributed by atoms with Crippen LogP contribution < -0.4 is 0 Å². The average Bonchev–Trinajstić information content (AvgIpc) is 2.85. The molecule has 6 nitrogen and oxygen atoms in total. The van der Waals surface area contributed by atoms with E-state index in [1.54, 1.807) is 4.68 Å². The van der Waals surface area contributed by atoms with Crippen LogP contribution in [0.3, 0.4) is 0 Å². The third-order valence-electron chi connectivity index (χ3n) is 2.50. The number of aryl methyl sites for hydroxylation is 1. The highest BCUT2D eigenvalue weighted by Crippen LogP contribution is 2.21. The number of nitrogens with zero attached hydrogens (tertiary/aromatic N) is 4. The first-order chi connectivity index (χ1) is 9.22. The number of para-hydroxylation sites is 1. The van der Waals surface area contributed by atoms with Gasteiger partial charge in [0.2, 0.25) is 5.16 Å². The Hall–Kier alpha value is -1.89. The molecule has 0 bridgehead atoms. The number of carboxylic acid groups (broad SMARTS) is 1. The largest absolute Gasteiger partial charge is 0.481 e. The number of carboxylic acids is 1. The summed E-state index contributed by atoms with van der Waals surface area (Å²) < 4.78 is 1.60. The van der Waals surface area contributed by atoms with Crippen LogP contribution >= 0.6 is 11.8 Å². The predicted molar refractivity (Wildman–Crippen MR) is 71.5 cm³/mol. The second kappa shape index (κ2) is 6.33. The molecule has 0 aliphatic rings. The zero-order valence-corrected chi connectivity index (χ0v) is 11.3. The molecule has 0 aliphatic carbocycles. The standard InChI is InChI=1S/C12H14N4O2S/c1-2-5-9-6-3-4-7-10(9)16-12(13-14-15-16)19-8-11(17)18/h3-4,6-7H,2,5,8H2,1H3,(H,17,18). The van der Waals surface area contributed by atoms with Crippen molar-refractivity contribution >= 4 is 17.7 Å². The van der Waals surface area contributed by atoms with Gasteiger partial charge in [-0.2, -0.15) is 4.68 Å². The predicted octanol–water partition coefficient (Wildman–Crippen LogP) is 1.79. The molecule has 0 spiro atoms. The average molecular weight is 278 g/mol. The van der Waals surface area contributed by atoms with Gasteiger partial charge in [0.1, 0.15) is 0 Å². The zero-order valence-electron chi connectivity index (χ0n) is 10.5. The summed E-state index contributed by atoms with van der Waals surface area (Å²) in [5.74, 6) is -0.947. The summed E-state index contributed by atoms with van der Waals surface area (Å²) in [4.78, 5) is 10.6. The van der Waals surface area contributed by atoms with E-state index in [1.165, 1.54) is 0 Å². The van der Waals surface area contributed by atoms with Gasteiger partial charge in [0.25, 0.3) is 0 Å². The first-order valence-electron chi connectivity index (χ1n) is 5.93. The quantitative estimate of drug-likeness (QED) is 0.811. The summed E-state index contributed by atoms with van der Waals surface area (Å²) in [6.45, 7) is 2.11. The van der Waals surface area contributed by atoms with Crippen LogP contribution in [0.15, 0.2) is 29.4 Å². The number of carbonyl (C=O) groups is 1. The highest BCUT2D eigenvalue weighted by Gasteiger charge is 2.13. The Morgan fingerprint density at radius 3 is 2.95 bits per heavy atom. The molecule has 0 atom stereocenters. The topological polar surface area (TPSA) is 80.9 Å². The van der Waals surface area contributed by atoms with Crippen molar-refractivity contribution in [1.82, 2.24) is 20.2 Å². The van der Waals surface area contributed by atoms with Gasteiger partial charge in [0.15, 0.2) is 0 Å². The third-order valence-corrected chi connectivity index (χ3v) is 3.41. The maximum Gasteiger partial charge on any atom is 0.313 e. The molecule has 1 heterocycles. The molecule has 1 N–H and O–H groups in total. The van der Waals surface area contributed by atoms with E-state index in [0.29, 0.717) is 5.16 Å². The molecule has 0 radical (unpaired) electrons. The molecular formula is C12H14N4O2S. The van der Waals surface area contributed by atoms with Crippen molar-refractivity contribution in [1.29, 1.82) is 0 Å². The van der Waals surface area contributed by atoms with Gasteiger partial charge in [-0.1, -0.05) is 43.3 Å². The van der Waals surface area contributed by atoms with Crippen molar-refractivity contribution in [3.63, 3.8) is 0 Å². The number of aliphatic carboxylic acids is 1. The lowest BCUT2D eigenvalue weighted by molar-refractivity contribution is -0.133. The SMILES string of the molecule is CCCc1ccccc1-n1nnnc1SCC(=O)O. The van der Waals surface area contributed by atoms with Crippen LogP contribution in [0.2, 0.25) is 0 Å². The number of aromatic nitrogens is 4. The van der Waals surface area contributed by atoms with Gasteiger partial charge in [-0.15, -0.1) is 5.10 Å². The van der Waals surface area contributed by atoms with Crippen LogP contribution in [0.25, 0.3) is 5.69 Å². The van der Waals surface area contributed by atoms with Crippen LogP contribution in [0.4, 0.5) is 0 Å². The number of rotatable bonds is 6. The van der Waals surface area contributed by atoms with Crippen LogP contribution in [0.5, 0.6) is 0 Å². The maximum atomic E-state index is 10.6. The van der Waals surface area contributed by atoms with Gasteiger partial charge in [0.05, 0.1) is 11.4 Å². The molecule has 1 aromatic carbocycles. The summed E-state index contributed by atoms with van der Waals surface area (Å²) in [6.07, 6.45) is 1.95. The van der Waals surface area contributed by atoms with E-state index in [4.69, 9.17) is 5.11 Å².